The lowest BCUT2D eigenvalue weighted by molar-refractivity contribution is 0.179. The zero-order valence-corrected chi connectivity index (χ0v) is 20.9. The normalized spacial score (nSPS) is 20.1. The lowest BCUT2D eigenvalue weighted by Gasteiger charge is -2.36. The SMILES string of the molecule is N#CC1(CCN2CCC(n3c(=O)[nH]c4ccccc43)CC2)c2ccccc2CSc2ccccc21.O. The fourth-order valence-corrected chi connectivity index (χ4v) is 7.05. The Kier molecular flexibility index (Phi) is 6.76. The minimum absolute atomic E-state index is 0. The third-order valence-corrected chi connectivity index (χ3v) is 8.87. The summed E-state index contributed by atoms with van der Waals surface area (Å²) >= 11 is 1.83. The topological polar surface area (TPSA) is 96.3 Å². The summed E-state index contributed by atoms with van der Waals surface area (Å²) in [6.07, 6.45) is 2.63. The van der Waals surface area contributed by atoms with E-state index in [4.69, 9.17) is 0 Å². The predicted molar refractivity (Wildman–Crippen MR) is 144 cm³/mol. The first kappa shape index (κ1) is 24.4. The van der Waals surface area contributed by atoms with Crippen molar-refractivity contribution in [3.8, 4) is 6.07 Å². The Morgan fingerprint density at radius 1 is 0.972 bits per heavy atom. The zero-order valence-electron chi connectivity index (χ0n) is 20.1. The number of imidazole rings is 1. The van der Waals surface area contributed by atoms with Crippen LogP contribution in [0.1, 0.15) is 42.0 Å². The molecule has 0 amide bonds. The molecule has 1 saturated heterocycles. The largest absolute Gasteiger partial charge is 0.412 e. The van der Waals surface area contributed by atoms with Crippen molar-refractivity contribution in [1.29, 1.82) is 5.26 Å². The number of piperidine rings is 1. The number of thioether (sulfide) groups is 1. The number of nitrogens with one attached hydrogen (secondary N) is 1. The smallest absolute Gasteiger partial charge is 0.326 e. The Labute approximate surface area is 214 Å². The Bertz CT molecular complexity index is 1430. The molecule has 1 unspecified atom stereocenters. The number of likely N-dealkylation sites (tertiary alicyclic amines) is 1. The van der Waals surface area contributed by atoms with E-state index in [1.54, 1.807) is 0 Å². The van der Waals surface area contributed by atoms with Crippen molar-refractivity contribution in [1.82, 2.24) is 14.5 Å². The van der Waals surface area contributed by atoms with Gasteiger partial charge >= 0.3 is 5.69 Å². The predicted octanol–water partition coefficient (Wildman–Crippen LogP) is 4.65. The molecule has 3 N–H and O–H groups in total. The van der Waals surface area contributed by atoms with Crippen LogP contribution in [0.15, 0.2) is 82.5 Å². The molecule has 3 heterocycles. The zero-order chi connectivity index (χ0) is 23.8. The third-order valence-electron chi connectivity index (χ3n) is 7.75. The molecule has 36 heavy (non-hydrogen) atoms. The highest BCUT2D eigenvalue weighted by molar-refractivity contribution is 7.98. The van der Waals surface area contributed by atoms with Crippen LogP contribution in [0.4, 0.5) is 0 Å². The van der Waals surface area contributed by atoms with Crippen LogP contribution in [-0.4, -0.2) is 39.6 Å². The molecule has 1 fully saturated rings. The minimum atomic E-state index is -0.651. The molecule has 0 aliphatic carbocycles. The van der Waals surface area contributed by atoms with Crippen molar-refractivity contribution < 1.29 is 5.48 Å². The first-order chi connectivity index (χ1) is 17.2. The van der Waals surface area contributed by atoms with E-state index in [0.29, 0.717) is 0 Å². The number of aromatic nitrogens is 2. The maximum atomic E-state index is 12.7. The summed E-state index contributed by atoms with van der Waals surface area (Å²) in [7, 11) is 0. The lowest BCUT2D eigenvalue weighted by atomic mass is 9.71. The maximum absolute atomic E-state index is 12.7. The average molecular weight is 499 g/mol. The maximum Gasteiger partial charge on any atom is 0.326 e. The molecule has 2 aliphatic rings. The van der Waals surface area contributed by atoms with Gasteiger partial charge in [-0.25, -0.2) is 4.79 Å². The summed E-state index contributed by atoms with van der Waals surface area (Å²) in [4.78, 5) is 19.3. The van der Waals surface area contributed by atoms with Crippen LogP contribution >= 0.6 is 11.8 Å². The second kappa shape index (κ2) is 9.98. The molecule has 0 bridgehead atoms. The summed E-state index contributed by atoms with van der Waals surface area (Å²) in [6, 6.07) is 27.8. The van der Waals surface area contributed by atoms with Crippen LogP contribution in [0, 0.1) is 11.3 Å². The summed E-state index contributed by atoms with van der Waals surface area (Å²) in [5.74, 6) is 0.890. The number of fused-ring (bicyclic) bond motifs is 3. The van der Waals surface area contributed by atoms with E-state index in [9.17, 15) is 10.1 Å². The molecular formula is C29H30N4O2S. The second-order valence-corrected chi connectivity index (χ2v) is 10.6. The first-order valence-corrected chi connectivity index (χ1v) is 13.3. The number of aromatic amines is 1. The van der Waals surface area contributed by atoms with E-state index in [1.165, 1.54) is 10.5 Å². The van der Waals surface area contributed by atoms with Crippen LogP contribution in [0.2, 0.25) is 0 Å². The Hall–Kier alpha value is -3.31. The van der Waals surface area contributed by atoms with Gasteiger partial charge in [0.2, 0.25) is 0 Å². The molecule has 7 heteroatoms. The molecule has 1 aromatic heterocycles. The number of nitriles is 1. The van der Waals surface area contributed by atoms with Crippen LogP contribution in [-0.2, 0) is 11.2 Å². The van der Waals surface area contributed by atoms with Gasteiger partial charge in [-0.15, -0.1) is 11.8 Å². The number of rotatable bonds is 4. The van der Waals surface area contributed by atoms with Crippen molar-refractivity contribution >= 4 is 22.8 Å². The summed E-state index contributed by atoms with van der Waals surface area (Å²) in [6.45, 7) is 2.71. The second-order valence-electron chi connectivity index (χ2n) is 9.60. The van der Waals surface area contributed by atoms with Gasteiger partial charge in [0, 0.05) is 36.3 Å². The molecule has 6 rings (SSSR count). The monoisotopic (exact) mass is 498 g/mol. The quantitative estimate of drug-likeness (QED) is 0.443. The van der Waals surface area contributed by atoms with Gasteiger partial charge in [0.05, 0.1) is 17.1 Å². The highest BCUT2D eigenvalue weighted by atomic mass is 32.2. The Balaban J connectivity index is 0.00000267. The van der Waals surface area contributed by atoms with Crippen LogP contribution in [0.25, 0.3) is 11.0 Å². The Morgan fingerprint density at radius 2 is 1.67 bits per heavy atom. The molecule has 1 atom stereocenters. The number of nitrogens with zero attached hydrogens (tertiary/aromatic N) is 3. The first-order valence-electron chi connectivity index (χ1n) is 12.3. The van der Waals surface area contributed by atoms with Crippen LogP contribution in [0.5, 0.6) is 0 Å². The number of para-hydroxylation sites is 2. The average Bonchev–Trinajstić information content (AvgIpc) is 3.17. The van der Waals surface area contributed by atoms with E-state index in [-0.39, 0.29) is 17.2 Å². The van der Waals surface area contributed by atoms with Crippen molar-refractivity contribution in [2.75, 3.05) is 19.6 Å². The molecule has 0 spiro atoms. The molecule has 2 aliphatic heterocycles. The van der Waals surface area contributed by atoms with Gasteiger partial charge in [-0.3, -0.25) is 4.57 Å². The number of benzene rings is 3. The Morgan fingerprint density at radius 3 is 2.47 bits per heavy atom. The van der Waals surface area contributed by atoms with Gasteiger partial charge in [-0.05, 0) is 54.2 Å². The lowest BCUT2D eigenvalue weighted by Crippen LogP contribution is -2.40. The van der Waals surface area contributed by atoms with Gasteiger partial charge in [-0.2, -0.15) is 5.26 Å². The van der Waals surface area contributed by atoms with E-state index in [2.05, 4.69) is 64.5 Å². The van der Waals surface area contributed by atoms with Crippen LogP contribution in [0.3, 0.4) is 0 Å². The molecular weight excluding hydrogens is 468 g/mol. The highest BCUT2D eigenvalue weighted by Gasteiger charge is 2.40. The van der Waals surface area contributed by atoms with Gasteiger partial charge in [0.25, 0.3) is 0 Å². The number of H-pyrrole nitrogens is 1. The van der Waals surface area contributed by atoms with Crippen molar-refractivity contribution in [2.45, 2.75) is 41.4 Å². The van der Waals surface area contributed by atoms with E-state index in [0.717, 1.165) is 66.8 Å². The van der Waals surface area contributed by atoms with Gasteiger partial charge in [0.15, 0.2) is 0 Å². The van der Waals surface area contributed by atoms with Crippen molar-refractivity contribution in [3.63, 3.8) is 0 Å². The summed E-state index contributed by atoms with van der Waals surface area (Å²) < 4.78 is 1.94. The van der Waals surface area contributed by atoms with Crippen molar-refractivity contribution in [2.24, 2.45) is 0 Å². The molecule has 4 aromatic rings. The standard InChI is InChI=1S/C29H28N4OS.H2O/c30-20-29(23-8-2-1-7-21(23)19-35-27-12-6-3-9-24(27)29)15-18-32-16-13-22(14-17-32)33-26-11-5-4-10-25(26)31-28(33)34;/h1-12,22H,13-19H2,(H,31,34);1H2. The number of hydrogen-bond donors (Lipinski definition) is 1. The highest BCUT2D eigenvalue weighted by Crippen LogP contribution is 2.46. The number of hydrogen-bond acceptors (Lipinski definition) is 4. The molecule has 6 nitrogen and oxygen atoms in total. The van der Waals surface area contributed by atoms with Crippen LogP contribution < -0.4 is 5.69 Å². The molecule has 0 radical (unpaired) electrons. The van der Waals surface area contributed by atoms with Crippen molar-refractivity contribution in [3.05, 3.63) is 100.0 Å². The van der Waals surface area contributed by atoms with Gasteiger partial charge < -0.3 is 15.4 Å². The summed E-state index contributed by atoms with van der Waals surface area (Å²) in [5.41, 5.74) is 4.77. The minimum Gasteiger partial charge on any atom is -0.412 e. The molecule has 3 aromatic carbocycles. The fraction of sp³-hybridized carbons (Fsp3) is 0.310. The van der Waals surface area contributed by atoms with Gasteiger partial charge in [0.1, 0.15) is 5.41 Å². The van der Waals surface area contributed by atoms with E-state index in [1.807, 2.05) is 40.6 Å². The molecule has 0 saturated carbocycles. The van der Waals surface area contributed by atoms with Gasteiger partial charge in [-0.1, -0.05) is 54.6 Å². The molecule has 184 valence electrons. The summed E-state index contributed by atoms with van der Waals surface area (Å²) in [5, 5.41) is 10.7. The van der Waals surface area contributed by atoms with E-state index >= 15 is 0 Å². The fourth-order valence-electron chi connectivity index (χ4n) is 5.92. The van der Waals surface area contributed by atoms with E-state index < -0.39 is 5.41 Å². The third kappa shape index (κ3) is 4.05.